The fourth-order valence-corrected chi connectivity index (χ4v) is 2.42. The normalized spacial score (nSPS) is 12.6. The maximum Gasteiger partial charge on any atom is 0.126 e. The predicted molar refractivity (Wildman–Crippen MR) is 79.0 cm³/mol. The van der Waals surface area contributed by atoms with Crippen molar-refractivity contribution in [1.82, 2.24) is 14.9 Å². The molecule has 1 atom stereocenters. The summed E-state index contributed by atoms with van der Waals surface area (Å²) < 4.78 is 15.2. The zero-order valence-electron chi connectivity index (χ0n) is 12.1. The molecule has 2 aromatic rings. The van der Waals surface area contributed by atoms with Gasteiger partial charge in [-0.3, -0.25) is 0 Å². The van der Waals surface area contributed by atoms with Gasteiger partial charge in [-0.1, -0.05) is 26.0 Å². The molecule has 0 spiro atoms. The maximum atomic E-state index is 13.0. The first kappa shape index (κ1) is 14.7. The lowest BCUT2D eigenvalue weighted by Crippen LogP contribution is -2.26. The van der Waals surface area contributed by atoms with E-state index in [0.717, 1.165) is 37.3 Å². The third kappa shape index (κ3) is 3.67. The molecule has 0 fully saturated rings. The molecule has 1 aromatic heterocycles. The summed E-state index contributed by atoms with van der Waals surface area (Å²) in [5.41, 5.74) is 1.11. The lowest BCUT2D eigenvalue weighted by atomic mass is 10.1. The van der Waals surface area contributed by atoms with Gasteiger partial charge in [-0.15, -0.1) is 0 Å². The van der Waals surface area contributed by atoms with Crippen LogP contribution in [0.1, 0.15) is 37.7 Å². The lowest BCUT2D eigenvalue weighted by molar-refractivity contribution is 0.487. The summed E-state index contributed by atoms with van der Waals surface area (Å²) in [5, 5.41) is 3.47. The number of halogens is 1. The Morgan fingerprint density at radius 3 is 2.65 bits per heavy atom. The van der Waals surface area contributed by atoms with Gasteiger partial charge in [-0.05, 0) is 37.1 Å². The van der Waals surface area contributed by atoms with Crippen LogP contribution in [0, 0.1) is 5.82 Å². The number of aryl methyl sites for hydroxylation is 1. The molecule has 108 valence electrons. The van der Waals surface area contributed by atoms with E-state index in [-0.39, 0.29) is 11.9 Å². The van der Waals surface area contributed by atoms with E-state index in [4.69, 9.17) is 0 Å². The Hall–Kier alpha value is -1.68. The summed E-state index contributed by atoms with van der Waals surface area (Å²) in [6.07, 6.45) is 5.77. The summed E-state index contributed by atoms with van der Waals surface area (Å²) in [6.45, 7) is 6.10. The van der Waals surface area contributed by atoms with Crippen LogP contribution in [-0.4, -0.2) is 16.1 Å². The van der Waals surface area contributed by atoms with Crippen molar-refractivity contribution in [2.24, 2.45) is 0 Å². The number of aromatic nitrogens is 2. The van der Waals surface area contributed by atoms with Gasteiger partial charge in [-0.2, -0.15) is 0 Å². The quantitative estimate of drug-likeness (QED) is 0.840. The van der Waals surface area contributed by atoms with Crippen molar-refractivity contribution in [3.63, 3.8) is 0 Å². The molecule has 0 saturated carbocycles. The third-order valence-electron chi connectivity index (χ3n) is 3.33. The largest absolute Gasteiger partial charge is 0.334 e. The standard InChI is InChI=1S/C16H22FN3/c1-3-10-20-11-9-19-16(20)15(18-4-2)12-13-5-7-14(17)8-6-13/h5-9,11,15,18H,3-4,10,12H2,1-2H3. The van der Waals surface area contributed by atoms with Gasteiger partial charge < -0.3 is 9.88 Å². The van der Waals surface area contributed by atoms with Crippen molar-refractivity contribution in [3.8, 4) is 0 Å². The summed E-state index contributed by atoms with van der Waals surface area (Å²) in [5.74, 6) is 0.860. The van der Waals surface area contributed by atoms with Crippen LogP contribution >= 0.6 is 0 Å². The van der Waals surface area contributed by atoms with E-state index in [0.29, 0.717) is 0 Å². The minimum atomic E-state index is -0.193. The summed E-state index contributed by atoms with van der Waals surface area (Å²) in [4.78, 5) is 4.49. The average Bonchev–Trinajstić information content (AvgIpc) is 2.89. The first-order chi connectivity index (χ1) is 9.74. The number of rotatable bonds is 7. The molecule has 0 amide bonds. The first-order valence-electron chi connectivity index (χ1n) is 7.23. The molecule has 0 aliphatic rings. The highest BCUT2D eigenvalue weighted by atomic mass is 19.1. The van der Waals surface area contributed by atoms with E-state index in [1.165, 1.54) is 12.1 Å². The summed E-state index contributed by atoms with van der Waals surface area (Å²) >= 11 is 0. The minimum absolute atomic E-state index is 0.159. The topological polar surface area (TPSA) is 29.9 Å². The highest BCUT2D eigenvalue weighted by Gasteiger charge is 2.16. The van der Waals surface area contributed by atoms with Gasteiger partial charge in [0.2, 0.25) is 0 Å². The van der Waals surface area contributed by atoms with Crippen molar-refractivity contribution >= 4 is 0 Å². The molecule has 0 bridgehead atoms. The van der Waals surface area contributed by atoms with Gasteiger partial charge in [0.25, 0.3) is 0 Å². The van der Waals surface area contributed by atoms with E-state index in [1.807, 2.05) is 24.5 Å². The SMILES string of the molecule is CCCn1ccnc1C(Cc1ccc(F)cc1)NCC. The Kier molecular flexibility index (Phi) is 5.30. The van der Waals surface area contributed by atoms with Crippen LogP contribution in [-0.2, 0) is 13.0 Å². The maximum absolute atomic E-state index is 13.0. The number of likely N-dealkylation sites (N-methyl/N-ethyl adjacent to an activating group) is 1. The molecule has 1 N–H and O–H groups in total. The van der Waals surface area contributed by atoms with Crippen LogP contribution in [0.4, 0.5) is 4.39 Å². The molecular weight excluding hydrogens is 253 g/mol. The van der Waals surface area contributed by atoms with Crippen LogP contribution < -0.4 is 5.32 Å². The Morgan fingerprint density at radius 2 is 2.00 bits per heavy atom. The smallest absolute Gasteiger partial charge is 0.126 e. The molecule has 1 aromatic carbocycles. The van der Waals surface area contributed by atoms with E-state index >= 15 is 0 Å². The van der Waals surface area contributed by atoms with Crippen molar-refractivity contribution < 1.29 is 4.39 Å². The fraction of sp³-hybridized carbons (Fsp3) is 0.438. The van der Waals surface area contributed by atoms with Gasteiger partial charge in [0.1, 0.15) is 11.6 Å². The highest BCUT2D eigenvalue weighted by Crippen LogP contribution is 2.18. The van der Waals surface area contributed by atoms with E-state index in [2.05, 4.69) is 28.7 Å². The van der Waals surface area contributed by atoms with Crippen LogP contribution in [0.3, 0.4) is 0 Å². The second-order valence-electron chi connectivity index (χ2n) is 4.92. The van der Waals surface area contributed by atoms with E-state index < -0.39 is 0 Å². The monoisotopic (exact) mass is 275 g/mol. The van der Waals surface area contributed by atoms with E-state index in [9.17, 15) is 4.39 Å². The molecule has 1 heterocycles. The molecule has 4 heteroatoms. The number of nitrogens with zero attached hydrogens (tertiary/aromatic N) is 2. The number of hydrogen-bond donors (Lipinski definition) is 1. The third-order valence-corrected chi connectivity index (χ3v) is 3.33. The van der Waals surface area contributed by atoms with Crippen molar-refractivity contribution in [1.29, 1.82) is 0 Å². The Labute approximate surface area is 119 Å². The summed E-state index contributed by atoms with van der Waals surface area (Å²) in [6, 6.07) is 6.86. The molecular formula is C16H22FN3. The van der Waals surface area contributed by atoms with Gasteiger partial charge in [0.15, 0.2) is 0 Å². The lowest BCUT2D eigenvalue weighted by Gasteiger charge is -2.19. The molecule has 3 nitrogen and oxygen atoms in total. The second kappa shape index (κ2) is 7.20. The molecule has 1 unspecified atom stereocenters. The summed E-state index contributed by atoms with van der Waals surface area (Å²) in [7, 11) is 0. The van der Waals surface area contributed by atoms with Gasteiger partial charge >= 0.3 is 0 Å². The van der Waals surface area contributed by atoms with Crippen LogP contribution in [0.5, 0.6) is 0 Å². The average molecular weight is 275 g/mol. The Bertz CT molecular complexity index is 519. The zero-order valence-corrected chi connectivity index (χ0v) is 12.1. The van der Waals surface area contributed by atoms with Gasteiger partial charge in [-0.25, -0.2) is 9.37 Å². The van der Waals surface area contributed by atoms with Crippen LogP contribution in [0.25, 0.3) is 0 Å². The van der Waals surface area contributed by atoms with Crippen molar-refractivity contribution in [2.45, 2.75) is 39.3 Å². The van der Waals surface area contributed by atoms with E-state index in [1.54, 1.807) is 0 Å². The molecule has 0 aliphatic carbocycles. The number of nitrogens with one attached hydrogen (secondary N) is 1. The molecule has 0 aliphatic heterocycles. The Morgan fingerprint density at radius 1 is 1.25 bits per heavy atom. The highest BCUT2D eigenvalue weighted by molar-refractivity contribution is 5.18. The van der Waals surface area contributed by atoms with Crippen molar-refractivity contribution in [3.05, 3.63) is 53.9 Å². The molecule has 2 rings (SSSR count). The zero-order chi connectivity index (χ0) is 14.4. The number of imidazole rings is 1. The van der Waals surface area contributed by atoms with Gasteiger partial charge in [0, 0.05) is 18.9 Å². The molecule has 0 saturated heterocycles. The Balaban J connectivity index is 2.17. The fourth-order valence-electron chi connectivity index (χ4n) is 2.42. The molecule has 0 radical (unpaired) electrons. The van der Waals surface area contributed by atoms with Crippen molar-refractivity contribution in [2.75, 3.05) is 6.54 Å². The number of hydrogen-bond acceptors (Lipinski definition) is 2. The van der Waals surface area contributed by atoms with Gasteiger partial charge in [0.05, 0.1) is 6.04 Å². The second-order valence-corrected chi connectivity index (χ2v) is 4.92. The van der Waals surface area contributed by atoms with Crippen LogP contribution in [0.2, 0.25) is 0 Å². The predicted octanol–water partition coefficient (Wildman–Crippen LogP) is 3.33. The number of benzene rings is 1. The van der Waals surface area contributed by atoms with Crippen LogP contribution in [0.15, 0.2) is 36.7 Å². The molecule has 20 heavy (non-hydrogen) atoms. The minimum Gasteiger partial charge on any atom is -0.334 e. The first-order valence-corrected chi connectivity index (χ1v) is 7.23.